The molecule has 17 heavy (non-hydrogen) atoms. The lowest BCUT2D eigenvalue weighted by atomic mass is 10.2. The monoisotopic (exact) mass is 230 g/mol. The van der Waals surface area contributed by atoms with Crippen molar-refractivity contribution in [3.8, 4) is 0 Å². The molecule has 0 saturated carbocycles. The van der Waals surface area contributed by atoms with E-state index in [1.807, 2.05) is 19.2 Å². The molecule has 0 unspecified atom stereocenters. The third kappa shape index (κ3) is 2.63. The zero-order valence-electron chi connectivity index (χ0n) is 9.77. The second kappa shape index (κ2) is 4.69. The number of anilines is 2. The topological polar surface area (TPSA) is 59.0 Å². The Kier molecular flexibility index (Phi) is 3.09. The second-order valence-electron chi connectivity index (χ2n) is 3.66. The maximum atomic E-state index is 11.9. The Morgan fingerprint density at radius 2 is 2.18 bits per heavy atom. The van der Waals surface area contributed by atoms with Gasteiger partial charge in [-0.25, -0.2) is 0 Å². The first kappa shape index (κ1) is 11.2. The smallest absolute Gasteiger partial charge is 0.256 e. The molecule has 0 bridgehead atoms. The minimum Gasteiger partial charge on any atom is -0.388 e. The standard InChI is InChI=1S/C12H14N4O/c1-13-10-5-3-4-9(8-10)12(17)14-11-6-7-16(2)15-11/h3-8,13H,1-2H3,(H,14,15,17). The maximum Gasteiger partial charge on any atom is 0.256 e. The van der Waals surface area contributed by atoms with Crippen LogP contribution >= 0.6 is 0 Å². The number of aromatic nitrogens is 2. The average molecular weight is 230 g/mol. The molecule has 0 aliphatic carbocycles. The van der Waals surface area contributed by atoms with E-state index in [2.05, 4.69) is 15.7 Å². The average Bonchev–Trinajstić information content (AvgIpc) is 2.75. The molecule has 1 amide bonds. The molecule has 2 N–H and O–H groups in total. The number of amides is 1. The minimum atomic E-state index is -0.166. The van der Waals surface area contributed by atoms with Crippen molar-refractivity contribution in [1.82, 2.24) is 9.78 Å². The summed E-state index contributed by atoms with van der Waals surface area (Å²) >= 11 is 0. The third-order valence-electron chi connectivity index (χ3n) is 2.37. The number of benzene rings is 1. The molecule has 2 rings (SSSR count). The maximum absolute atomic E-state index is 11.9. The van der Waals surface area contributed by atoms with Crippen molar-refractivity contribution in [3.63, 3.8) is 0 Å². The van der Waals surface area contributed by atoms with Crippen LogP contribution in [0.15, 0.2) is 36.5 Å². The molecule has 2 aromatic rings. The van der Waals surface area contributed by atoms with E-state index in [9.17, 15) is 4.79 Å². The molecule has 0 atom stereocenters. The fourth-order valence-electron chi connectivity index (χ4n) is 1.49. The fraction of sp³-hybridized carbons (Fsp3) is 0.167. The van der Waals surface area contributed by atoms with Crippen molar-refractivity contribution in [2.45, 2.75) is 0 Å². The first-order valence-corrected chi connectivity index (χ1v) is 5.28. The summed E-state index contributed by atoms with van der Waals surface area (Å²) in [5.41, 5.74) is 1.50. The van der Waals surface area contributed by atoms with Gasteiger partial charge >= 0.3 is 0 Å². The normalized spacial score (nSPS) is 10.0. The molecule has 0 saturated heterocycles. The van der Waals surface area contributed by atoms with Crippen molar-refractivity contribution in [2.24, 2.45) is 7.05 Å². The van der Waals surface area contributed by atoms with Gasteiger partial charge in [-0.3, -0.25) is 9.48 Å². The van der Waals surface area contributed by atoms with Crippen LogP contribution in [0.25, 0.3) is 0 Å². The molecule has 5 nitrogen and oxygen atoms in total. The number of carbonyl (C=O) groups is 1. The van der Waals surface area contributed by atoms with Gasteiger partial charge in [0.25, 0.3) is 5.91 Å². The van der Waals surface area contributed by atoms with Crippen LogP contribution in [0.2, 0.25) is 0 Å². The highest BCUT2D eigenvalue weighted by molar-refractivity contribution is 6.04. The van der Waals surface area contributed by atoms with E-state index in [1.54, 1.807) is 36.1 Å². The summed E-state index contributed by atoms with van der Waals surface area (Å²) in [7, 11) is 3.62. The van der Waals surface area contributed by atoms with Crippen molar-refractivity contribution >= 4 is 17.4 Å². The van der Waals surface area contributed by atoms with Gasteiger partial charge in [-0.15, -0.1) is 0 Å². The summed E-state index contributed by atoms with van der Waals surface area (Å²) in [6, 6.07) is 9.04. The Morgan fingerprint density at radius 1 is 1.35 bits per heavy atom. The van der Waals surface area contributed by atoms with Crippen LogP contribution in [0.3, 0.4) is 0 Å². The molecule has 1 heterocycles. The summed E-state index contributed by atoms with van der Waals surface area (Å²) in [5.74, 6) is 0.383. The largest absolute Gasteiger partial charge is 0.388 e. The van der Waals surface area contributed by atoms with Crippen LogP contribution in [0, 0.1) is 0 Å². The molecule has 88 valence electrons. The second-order valence-corrected chi connectivity index (χ2v) is 3.66. The first-order chi connectivity index (χ1) is 8.19. The number of carbonyl (C=O) groups excluding carboxylic acids is 1. The number of nitrogens with zero attached hydrogens (tertiary/aromatic N) is 2. The zero-order valence-corrected chi connectivity index (χ0v) is 9.77. The SMILES string of the molecule is CNc1cccc(C(=O)Nc2ccn(C)n2)c1. The van der Waals surface area contributed by atoms with E-state index in [0.717, 1.165) is 5.69 Å². The van der Waals surface area contributed by atoms with Gasteiger partial charge < -0.3 is 10.6 Å². The van der Waals surface area contributed by atoms with Crippen molar-refractivity contribution in [1.29, 1.82) is 0 Å². The van der Waals surface area contributed by atoms with E-state index in [4.69, 9.17) is 0 Å². The van der Waals surface area contributed by atoms with Crippen molar-refractivity contribution in [3.05, 3.63) is 42.1 Å². The highest BCUT2D eigenvalue weighted by Crippen LogP contribution is 2.11. The zero-order chi connectivity index (χ0) is 12.3. The van der Waals surface area contributed by atoms with Crippen LogP contribution in [0.4, 0.5) is 11.5 Å². The Balaban J connectivity index is 2.14. The summed E-state index contributed by atoms with van der Waals surface area (Å²) in [6.45, 7) is 0. The Hall–Kier alpha value is -2.30. The minimum absolute atomic E-state index is 0.166. The number of hydrogen-bond acceptors (Lipinski definition) is 3. The number of hydrogen-bond donors (Lipinski definition) is 2. The van der Waals surface area contributed by atoms with Crippen LogP contribution in [0.1, 0.15) is 10.4 Å². The van der Waals surface area contributed by atoms with Crippen LogP contribution in [0.5, 0.6) is 0 Å². The molecule has 1 aromatic carbocycles. The molecule has 5 heteroatoms. The van der Waals surface area contributed by atoms with Gasteiger partial charge in [-0.1, -0.05) is 6.07 Å². The lowest BCUT2D eigenvalue weighted by molar-refractivity contribution is 0.102. The van der Waals surface area contributed by atoms with Gasteiger partial charge in [0.05, 0.1) is 0 Å². The first-order valence-electron chi connectivity index (χ1n) is 5.28. The number of rotatable bonds is 3. The van der Waals surface area contributed by atoms with Crippen LogP contribution in [-0.2, 0) is 7.05 Å². The predicted molar refractivity (Wildman–Crippen MR) is 67.1 cm³/mol. The fourth-order valence-corrected chi connectivity index (χ4v) is 1.49. The molecular formula is C12H14N4O. The Morgan fingerprint density at radius 3 is 2.82 bits per heavy atom. The van der Waals surface area contributed by atoms with E-state index in [1.165, 1.54) is 0 Å². The van der Waals surface area contributed by atoms with Crippen molar-refractivity contribution in [2.75, 3.05) is 17.7 Å². The molecule has 0 fully saturated rings. The van der Waals surface area contributed by atoms with E-state index < -0.39 is 0 Å². The van der Waals surface area contributed by atoms with Gasteiger partial charge in [-0.05, 0) is 18.2 Å². The van der Waals surface area contributed by atoms with E-state index in [-0.39, 0.29) is 5.91 Å². The predicted octanol–water partition coefficient (Wildman–Crippen LogP) is 1.71. The van der Waals surface area contributed by atoms with E-state index in [0.29, 0.717) is 11.4 Å². The van der Waals surface area contributed by atoms with Gasteiger partial charge in [0.15, 0.2) is 5.82 Å². The quantitative estimate of drug-likeness (QED) is 0.844. The lowest BCUT2D eigenvalue weighted by Gasteiger charge is -2.04. The Bertz CT molecular complexity index is 533. The number of aryl methyl sites for hydroxylation is 1. The summed E-state index contributed by atoms with van der Waals surface area (Å²) < 4.78 is 1.64. The third-order valence-corrected chi connectivity index (χ3v) is 2.37. The Labute approximate surface area is 99.5 Å². The summed E-state index contributed by atoms with van der Waals surface area (Å²) in [4.78, 5) is 11.9. The highest BCUT2D eigenvalue weighted by Gasteiger charge is 2.07. The lowest BCUT2D eigenvalue weighted by Crippen LogP contribution is -2.12. The molecule has 0 radical (unpaired) electrons. The molecule has 0 aliphatic heterocycles. The van der Waals surface area contributed by atoms with Crippen molar-refractivity contribution < 1.29 is 4.79 Å². The molecular weight excluding hydrogens is 216 g/mol. The van der Waals surface area contributed by atoms with Crippen LogP contribution < -0.4 is 10.6 Å². The highest BCUT2D eigenvalue weighted by atomic mass is 16.1. The van der Waals surface area contributed by atoms with E-state index >= 15 is 0 Å². The van der Waals surface area contributed by atoms with Gasteiger partial charge in [0.2, 0.25) is 0 Å². The number of nitrogens with one attached hydrogen (secondary N) is 2. The summed E-state index contributed by atoms with van der Waals surface area (Å²) in [6.07, 6.45) is 1.78. The van der Waals surface area contributed by atoms with Crippen LogP contribution in [-0.4, -0.2) is 22.7 Å². The van der Waals surface area contributed by atoms with Gasteiger partial charge in [0, 0.05) is 37.6 Å². The summed E-state index contributed by atoms with van der Waals surface area (Å²) in [5, 5.41) is 9.81. The molecule has 1 aromatic heterocycles. The molecule has 0 aliphatic rings. The van der Waals surface area contributed by atoms with Gasteiger partial charge in [-0.2, -0.15) is 5.10 Å². The molecule has 0 spiro atoms. The van der Waals surface area contributed by atoms with Gasteiger partial charge in [0.1, 0.15) is 0 Å².